The summed E-state index contributed by atoms with van der Waals surface area (Å²) in [5, 5.41) is 3.24. The summed E-state index contributed by atoms with van der Waals surface area (Å²) in [6.07, 6.45) is 4.13. The summed E-state index contributed by atoms with van der Waals surface area (Å²) in [6, 6.07) is 2.39. The van der Waals surface area contributed by atoms with Crippen LogP contribution in [0.4, 0.5) is 5.95 Å². The first-order chi connectivity index (χ1) is 9.49. The number of ether oxygens (including phenoxy) is 1. The molecule has 0 atom stereocenters. The molecule has 0 fully saturated rings. The van der Waals surface area contributed by atoms with Crippen molar-refractivity contribution in [3.63, 3.8) is 0 Å². The van der Waals surface area contributed by atoms with E-state index in [1.807, 2.05) is 13.8 Å². The van der Waals surface area contributed by atoms with Gasteiger partial charge in [-0.2, -0.15) is 4.98 Å². The molecule has 20 heavy (non-hydrogen) atoms. The normalized spacial score (nSPS) is 11.4. The minimum absolute atomic E-state index is 0.129. The van der Waals surface area contributed by atoms with Crippen LogP contribution in [0.25, 0.3) is 0 Å². The van der Waals surface area contributed by atoms with Crippen LogP contribution in [0.3, 0.4) is 0 Å². The number of hydrogen-bond donors (Lipinski definition) is 1. The minimum atomic E-state index is 0.129. The molecule has 1 N–H and O–H groups in total. The van der Waals surface area contributed by atoms with Crippen molar-refractivity contribution in [2.75, 3.05) is 25.5 Å². The van der Waals surface area contributed by atoms with E-state index in [0.29, 0.717) is 17.9 Å². The van der Waals surface area contributed by atoms with E-state index in [2.05, 4.69) is 41.1 Å². The zero-order valence-corrected chi connectivity index (χ0v) is 13.4. The number of rotatable bonds is 9. The van der Waals surface area contributed by atoms with Crippen LogP contribution < -0.4 is 10.1 Å². The number of nitrogens with zero attached hydrogens (tertiary/aromatic N) is 3. The third-order valence-electron chi connectivity index (χ3n) is 3.09. The van der Waals surface area contributed by atoms with E-state index in [1.165, 1.54) is 6.42 Å². The SMILES string of the molecule is CC(C)Oc1ccnc(NCCCCN(C)C(C)C)n1. The number of anilines is 1. The number of hydrogen-bond acceptors (Lipinski definition) is 5. The van der Waals surface area contributed by atoms with Crippen LogP contribution in [0.1, 0.15) is 40.5 Å². The highest BCUT2D eigenvalue weighted by Gasteiger charge is 2.03. The van der Waals surface area contributed by atoms with E-state index >= 15 is 0 Å². The number of unbranched alkanes of at least 4 members (excludes halogenated alkanes) is 1. The first-order valence-corrected chi connectivity index (χ1v) is 7.43. The highest BCUT2D eigenvalue weighted by atomic mass is 16.5. The molecule has 0 spiro atoms. The second-order valence-corrected chi connectivity index (χ2v) is 5.59. The fourth-order valence-corrected chi connectivity index (χ4v) is 1.68. The fourth-order valence-electron chi connectivity index (χ4n) is 1.68. The Hall–Kier alpha value is -1.36. The van der Waals surface area contributed by atoms with Crippen LogP contribution in [0.2, 0.25) is 0 Å². The van der Waals surface area contributed by atoms with Crippen LogP contribution in [0, 0.1) is 0 Å². The molecule has 1 aromatic heterocycles. The zero-order chi connectivity index (χ0) is 15.0. The summed E-state index contributed by atoms with van der Waals surface area (Å²) < 4.78 is 5.54. The molecule has 0 bridgehead atoms. The lowest BCUT2D eigenvalue weighted by atomic mass is 10.2. The first kappa shape index (κ1) is 16.7. The van der Waals surface area contributed by atoms with Gasteiger partial charge in [0.1, 0.15) is 0 Å². The van der Waals surface area contributed by atoms with Crippen LogP contribution in [0.15, 0.2) is 12.3 Å². The van der Waals surface area contributed by atoms with E-state index in [4.69, 9.17) is 4.74 Å². The summed E-state index contributed by atoms with van der Waals surface area (Å²) >= 11 is 0. The van der Waals surface area contributed by atoms with Crippen molar-refractivity contribution in [3.05, 3.63) is 12.3 Å². The first-order valence-electron chi connectivity index (χ1n) is 7.43. The summed E-state index contributed by atoms with van der Waals surface area (Å²) in [4.78, 5) is 10.9. The molecule has 0 aliphatic rings. The summed E-state index contributed by atoms with van der Waals surface area (Å²) in [5.41, 5.74) is 0. The molecule has 0 radical (unpaired) electrons. The highest BCUT2D eigenvalue weighted by molar-refractivity contribution is 5.27. The van der Waals surface area contributed by atoms with Gasteiger partial charge in [-0.1, -0.05) is 0 Å². The van der Waals surface area contributed by atoms with Gasteiger partial charge in [0.25, 0.3) is 0 Å². The molecule has 114 valence electrons. The van der Waals surface area contributed by atoms with Crippen molar-refractivity contribution >= 4 is 5.95 Å². The molecule has 0 aliphatic heterocycles. The van der Waals surface area contributed by atoms with Gasteiger partial charge < -0.3 is 15.0 Å². The average Bonchev–Trinajstić information content (AvgIpc) is 2.37. The Balaban J connectivity index is 2.25. The standard InChI is InChI=1S/C15H28N4O/c1-12(2)19(5)11-7-6-9-16-15-17-10-8-14(18-15)20-13(3)4/h8,10,12-13H,6-7,9,11H2,1-5H3,(H,16,17,18). The fraction of sp³-hybridized carbons (Fsp3) is 0.733. The van der Waals surface area contributed by atoms with Crippen molar-refractivity contribution in [2.45, 2.75) is 52.7 Å². The van der Waals surface area contributed by atoms with Crippen LogP contribution >= 0.6 is 0 Å². The summed E-state index contributed by atoms with van der Waals surface area (Å²) in [7, 11) is 2.16. The van der Waals surface area contributed by atoms with Crippen LogP contribution in [-0.4, -0.2) is 47.2 Å². The lowest BCUT2D eigenvalue weighted by Gasteiger charge is -2.20. The third-order valence-corrected chi connectivity index (χ3v) is 3.09. The Morgan fingerprint density at radius 1 is 1.25 bits per heavy atom. The molecule has 0 saturated heterocycles. The third kappa shape index (κ3) is 6.70. The molecular weight excluding hydrogens is 252 g/mol. The summed E-state index contributed by atoms with van der Waals surface area (Å²) in [5.74, 6) is 1.26. The molecule has 5 heteroatoms. The summed E-state index contributed by atoms with van der Waals surface area (Å²) in [6.45, 7) is 10.4. The Morgan fingerprint density at radius 3 is 2.65 bits per heavy atom. The van der Waals surface area contributed by atoms with Crippen molar-refractivity contribution in [1.29, 1.82) is 0 Å². The maximum absolute atomic E-state index is 5.54. The zero-order valence-electron chi connectivity index (χ0n) is 13.4. The van der Waals surface area contributed by atoms with E-state index in [1.54, 1.807) is 12.3 Å². The molecule has 0 amide bonds. The molecule has 0 saturated carbocycles. The van der Waals surface area contributed by atoms with E-state index in [0.717, 1.165) is 19.5 Å². The lowest BCUT2D eigenvalue weighted by molar-refractivity contribution is 0.232. The van der Waals surface area contributed by atoms with Gasteiger partial charge in [0.2, 0.25) is 11.8 Å². The molecular formula is C15H28N4O. The van der Waals surface area contributed by atoms with Gasteiger partial charge in [-0.25, -0.2) is 4.98 Å². The van der Waals surface area contributed by atoms with Crippen LogP contribution in [0.5, 0.6) is 5.88 Å². The smallest absolute Gasteiger partial charge is 0.225 e. The largest absolute Gasteiger partial charge is 0.475 e. The number of aromatic nitrogens is 2. The Bertz CT molecular complexity index is 382. The van der Waals surface area contributed by atoms with Gasteiger partial charge in [0.15, 0.2) is 0 Å². The second kappa shape index (κ2) is 8.74. The van der Waals surface area contributed by atoms with E-state index in [-0.39, 0.29) is 6.10 Å². The van der Waals surface area contributed by atoms with Gasteiger partial charge in [-0.3, -0.25) is 0 Å². The van der Waals surface area contributed by atoms with Gasteiger partial charge in [0, 0.05) is 24.8 Å². The van der Waals surface area contributed by atoms with E-state index < -0.39 is 0 Å². The van der Waals surface area contributed by atoms with Crippen molar-refractivity contribution in [3.8, 4) is 5.88 Å². The van der Waals surface area contributed by atoms with Gasteiger partial charge in [0.05, 0.1) is 6.10 Å². The van der Waals surface area contributed by atoms with Crippen molar-refractivity contribution in [1.82, 2.24) is 14.9 Å². The van der Waals surface area contributed by atoms with Gasteiger partial charge in [-0.15, -0.1) is 0 Å². The molecule has 0 aromatic carbocycles. The molecule has 0 aliphatic carbocycles. The lowest BCUT2D eigenvalue weighted by Crippen LogP contribution is -2.27. The minimum Gasteiger partial charge on any atom is -0.475 e. The van der Waals surface area contributed by atoms with Gasteiger partial charge >= 0.3 is 0 Å². The molecule has 1 rings (SSSR count). The predicted octanol–water partition coefficient (Wildman–Crippen LogP) is 2.80. The monoisotopic (exact) mass is 280 g/mol. The molecule has 5 nitrogen and oxygen atoms in total. The van der Waals surface area contributed by atoms with E-state index in [9.17, 15) is 0 Å². The van der Waals surface area contributed by atoms with Crippen molar-refractivity contribution in [2.24, 2.45) is 0 Å². The maximum Gasteiger partial charge on any atom is 0.225 e. The van der Waals surface area contributed by atoms with Crippen molar-refractivity contribution < 1.29 is 4.74 Å². The molecule has 1 heterocycles. The van der Waals surface area contributed by atoms with Gasteiger partial charge in [-0.05, 0) is 54.1 Å². The topological polar surface area (TPSA) is 50.3 Å². The number of nitrogens with one attached hydrogen (secondary N) is 1. The Morgan fingerprint density at radius 2 is 2.00 bits per heavy atom. The highest BCUT2D eigenvalue weighted by Crippen LogP contribution is 2.10. The molecule has 1 aromatic rings. The van der Waals surface area contributed by atoms with Crippen LogP contribution in [-0.2, 0) is 0 Å². The Kier molecular flexibility index (Phi) is 7.30. The Labute approximate surface area is 122 Å². The predicted molar refractivity (Wildman–Crippen MR) is 83.3 cm³/mol. The molecule has 0 unspecified atom stereocenters. The maximum atomic E-state index is 5.54. The second-order valence-electron chi connectivity index (χ2n) is 5.59. The quantitative estimate of drug-likeness (QED) is 0.705. The average molecular weight is 280 g/mol.